The Morgan fingerprint density at radius 1 is 1.21 bits per heavy atom. The lowest BCUT2D eigenvalue weighted by Crippen LogP contribution is -2.57. The van der Waals surface area contributed by atoms with Gasteiger partial charge in [0, 0.05) is 6.54 Å². The average molecular weight is 407 g/mol. The molecule has 1 aromatic carbocycles. The lowest BCUT2D eigenvalue weighted by Gasteiger charge is -2.31. The molecule has 9 heteroatoms. The number of hydrogen-bond donors (Lipinski definition) is 4. The van der Waals surface area contributed by atoms with Gasteiger partial charge in [-0.1, -0.05) is 19.9 Å². The maximum absolute atomic E-state index is 13.3. The highest BCUT2D eigenvalue weighted by Crippen LogP contribution is 2.20. The van der Waals surface area contributed by atoms with Gasteiger partial charge in [0.2, 0.25) is 11.8 Å². The minimum Gasteiger partial charge on any atom is -0.343 e. The summed E-state index contributed by atoms with van der Waals surface area (Å²) in [6.45, 7) is 5.85. The van der Waals surface area contributed by atoms with Crippen molar-refractivity contribution in [3.8, 4) is 0 Å². The third kappa shape index (κ3) is 5.90. The van der Waals surface area contributed by atoms with Crippen LogP contribution < -0.4 is 21.5 Å². The number of nitrogens with one attached hydrogen (secondary N) is 4. The second-order valence-electron chi connectivity index (χ2n) is 7.55. The first-order valence-corrected chi connectivity index (χ1v) is 9.84. The zero-order chi connectivity index (χ0) is 21.6. The molecule has 3 amide bonds. The van der Waals surface area contributed by atoms with E-state index in [2.05, 4.69) is 21.5 Å². The zero-order valence-electron chi connectivity index (χ0n) is 17.3. The highest BCUT2D eigenvalue weighted by atomic mass is 19.1. The van der Waals surface area contributed by atoms with Gasteiger partial charge in [0.25, 0.3) is 5.91 Å². The Kier molecular flexibility index (Phi) is 7.95. The summed E-state index contributed by atoms with van der Waals surface area (Å²) < 4.78 is 13.3. The van der Waals surface area contributed by atoms with Gasteiger partial charge in [-0.05, 0) is 50.9 Å². The van der Waals surface area contributed by atoms with E-state index in [1.54, 1.807) is 20.0 Å². The van der Waals surface area contributed by atoms with Gasteiger partial charge in [-0.2, -0.15) is 0 Å². The minimum atomic E-state index is -0.720. The highest BCUT2D eigenvalue weighted by Gasteiger charge is 2.38. The Balaban J connectivity index is 2.03. The topological polar surface area (TPSA) is 103 Å². The van der Waals surface area contributed by atoms with Crippen molar-refractivity contribution in [3.63, 3.8) is 0 Å². The van der Waals surface area contributed by atoms with Gasteiger partial charge in [-0.3, -0.25) is 25.2 Å². The molecule has 8 nitrogen and oxygen atoms in total. The number of anilines is 1. The SMILES string of the molecule is CN[C@@H](C)C(=O)N[C@H](C(=O)N1CCC[C@H]1C(=O)NNc1cccc(F)c1)C(C)C. The molecule has 1 aromatic rings. The van der Waals surface area contributed by atoms with Crippen molar-refractivity contribution >= 4 is 23.4 Å². The van der Waals surface area contributed by atoms with Crippen molar-refractivity contribution in [1.82, 2.24) is 21.0 Å². The average Bonchev–Trinajstić information content (AvgIpc) is 3.18. The summed E-state index contributed by atoms with van der Waals surface area (Å²) in [6, 6.07) is 3.90. The Hall–Kier alpha value is -2.68. The first-order valence-electron chi connectivity index (χ1n) is 9.84. The molecule has 0 unspecified atom stereocenters. The molecule has 4 N–H and O–H groups in total. The largest absolute Gasteiger partial charge is 0.343 e. The van der Waals surface area contributed by atoms with Crippen LogP contribution in [0.1, 0.15) is 33.6 Å². The summed E-state index contributed by atoms with van der Waals surface area (Å²) in [6.07, 6.45) is 1.21. The van der Waals surface area contributed by atoms with Gasteiger partial charge in [0.15, 0.2) is 0 Å². The van der Waals surface area contributed by atoms with Crippen LogP contribution in [0.25, 0.3) is 0 Å². The third-order valence-corrected chi connectivity index (χ3v) is 5.05. The molecule has 1 aliphatic rings. The smallest absolute Gasteiger partial charge is 0.261 e. The second kappa shape index (κ2) is 10.2. The molecule has 29 heavy (non-hydrogen) atoms. The Morgan fingerprint density at radius 3 is 2.55 bits per heavy atom. The van der Waals surface area contributed by atoms with Gasteiger partial charge in [0.1, 0.15) is 17.9 Å². The molecule has 0 aromatic heterocycles. The second-order valence-corrected chi connectivity index (χ2v) is 7.55. The van der Waals surface area contributed by atoms with Crippen LogP contribution >= 0.6 is 0 Å². The van der Waals surface area contributed by atoms with E-state index in [-0.39, 0.29) is 23.6 Å². The summed E-state index contributed by atoms with van der Waals surface area (Å²) >= 11 is 0. The number of carbonyl (C=O) groups excluding carboxylic acids is 3. The van der Waals surface area contributed by atoms with Crippen LogP contribution in [0, 0.1) is 11.7 Å². The van der Waals surface area contributed by atoms with Crippen molar-refractivity contribution in [2.45, 2.75) is 51.7 Å². The van der Waals surface area contributed by atoms with Gasteiger partial charge in [0.05, 0.1) is 11.7 Å². The molecule has 1 aliphatic heterocycles. The summed E-state index contributed by atoms with van der Waals surface area (Å²) in [4.78, 5) is 39.5. The van der Waals surface area contributed by atoms with Crippen LogP contribution in [0.15, 0.2) is 24.3 Å². The zero-order valence-corrected chi connectivity index (χ0v) is 17.3. The number of likely N-dealkylation sites (N-methyl/N-ethyl adjacent to an activating group) is 1. The number of likely N-dealkylation sites (tertiary alicyclic amines) is 1. The summed E-state index contributed by atoms with van der Waals surface area (Å²) in [5.74, 6) is -1.48. The standard InChI is InChI=1S/C20H30FN5O3/c1-12(2)17(23-18(27)13(3)22-4)20(29)26-10-6-9-16(26)19(28)25-24-15-8-5-7-14(21)11-15/h5,7-8,11-13,16-17,22,24H,6,9-10H2,1-4H3,(H,23,27)(H,25,28)/t13-,16-,17-/m0/s1. The van der Waals surface area contributed by atoms with Crippen molar-refractivity contribution in [1.29, 1.82) is 0 Å². The highest BCUT2D eigenvalue weighted by molar-refractivity contribution is 5.93. The van der Waals surface area contributed by atoms with Crippen molar-refractivity contribution in [2.24, 2.45) is 5.92 Å². The van der Waals surface area contributed by atoms with Crippen LogP contribution in [0.4, 0.5) is 10.1 Å². The molecule has 0 saturated carbocycles. The summed E-state index contributed by atoms with van der Waals surface area (Å²) in [7, 11) is 1.67. The molecule has 2 rings (SSSR count). The molecule has 3 atom stereocenters. The fraction of sp³-hybridized carbons (Fsp3) is 0.550. The lowest BCUT2D eigenvalue weighted by molar-refractivity contribution is -0.142. The van der Waals surface area contributed by atoms with E-state index in [0.717, 1.165) is 0 Å². The maximum Gasteiger partial charge on any atom is 0.261 e. The van der Waals surface area contributed by atoms with E-state index in [0.29, 0.717) is 25.1 Å². The van der Waals surface area contributed by atoms with Gasteiger partial charge in [-0.15, -0.1) is 0 Å². The monoisotopic (exact) mass is 407 g/mol. The lowest BCUT2D eigenvalue weighted by atomic mass is 10.0. The van der Waals surface area contributed by atoms with E-state index in [4.69, 9.17) is 0 Å². The van der Waals surface area contributed by atoms with E-state index in [9.17, 15) is 18.8 Å². The van der Waals surface area contributed by atoms with Gasteiger partial charge < -0.3 is 15.5 Å². The fourth-order valence-electron chi connectivity index (χ4n) is 3.19. The van der Waals surface area contributed by atoms with Crippen LogP contribution in [-0.2, 0) is 14.4 Å². The van der Waals surface area contributed by atoms with Crippen LogP contribution in [0.3, 0.4) is 0 Å². The molecule has 160 valence electrons. The van der Waals surface area contributed by atoms with E-state index in [1.165, 1.54) is 23.1 Å². The normalized spacial score (nSPS) is 18.3. The number of halogens is 1. The molecule has 0 aliphatic carbocycles. The van der Waals surface area contributed by atoms with Crippen LogP contribution in [0.2, 0.25) is 0 Å². The van der Waals surface area contributed by atoms with E-state index < -0.39 is 23.9 Å². The molecular weight excluding hydrogens is 377 g/mol. The predicted molar refractivity (Wildman–Crippen MR) is 108 cm³/mol. The molecular formula is C20H30FN5O3. The molecule has 1 fully saturated rings. The van der Waals surface area contributed by atoms with Crippen molar-refractivity contribution in [2.75, 3.05) is 19.0 Å². The van der Waals surface area contributed by atoms with Crippen molar-refractivity contribution < 1.29 is 18.8 Å². The molecule has 1 saturated heterocycles. The number of rotatable bonds is 8. The summed E-state index contributed by atoms with van der Waals surface area (Å²) in [5.41, 5.74) is 5.62. The first kappa shape index (κ1) is 22.6. The van der Waals surface area contributed by atoms with Crippen LogP contribution in [0.5, 0.6) is 0 Å². The number of hydrogen-bond acceptors (Lipinski definition) is 5. The molecule has 0 spiro atoms. The minimum absolute atomic E-state index is 0.134. The number of carbonyl (C=O) groups is 3. The molecule has 0 radical (unpaired) electrons. The number of benzene rings is 1. The molecule has 0 bridgehead atoms. The first-order chi connectivity index (χ1) is 13.7. The quantitative estimate of drug-likeness (QED) is 0.482. The molecule has 1 heterocycles. The summed E-state index contributed by atoms with van der Waals surface area (Å²) in [5, 5.41) is 5.63. The Bertz CT molecular complexity index is 743. The number of amides is 3. The maximum atomic E-state index is 13.3. The fourth-order valence-corrected chi connectivity index (χ4v) is 3.19. The van der Waals surface area contributed by atoms with Gasteiger partial charge in [-0.25, -0.2) is 4.39 Å². The number of hydrazine groups is 1. The predicted octanol–water partition coefficient (Wildman–Crippen LogP) is 1.01. The van der Waals surface area contributed by atoms with Gasteiger partial charge >= 0.3 is 0 Å². The van der Waals surface area contributed by atoms with E-state index in [1.807, 2.05) is 13.8 Å². The Morgan fingerprint density at radius 2 is 1.93 bits per heavy atom. The van der Waals surface area contributed by atoms with Crippen molar-refractivity contribution in [3.05, 3.63) is 30.1 Å². The van der Waals surface area contributed by atoms with E-state index >= 15 is 0 Å². The van der Waals surface area contributed by atoms with Crippen LogP contribution in [-0.4, -0.2) is 54.3 Å². The number of nitrogens with zero attached hydrogens (tertiary/aromatic N) is 1. The third-order valence-electron chi connectivity index (χ3n) is 5.05. The Labute approximate surface area is 170 Å².